The van der Waals surface area contributed by atoms with Crippen LogP contribution in [0.25, 0.3) is 0 Å². The Kier molecular flexibility index (Phi) is 4.57. The number of hydrogen-bond donors (Lipinski definition) is 1. The van der Waals surface area contributed by atoms with Gasteiger partial charge < -0.3 is 15.0 Å². The number of fused-ring (bicyclic) bond motifs is 1. The van der Waals surface area contributed by atoms with Crippen LogP contribution in [0.5, 0.6) is 5.88 Å². The van der Waals surface area contributed by atoms with Crippen molar-refractivity contribution >= 4 is 17.5 Å². The van der Waals surface area contributed by atoms with Crippen molar-refractivity contribution in [3.63, 3.8) is 0 Å². The smallest absolute Gasteiger partial charge is 0.236 e. The number of aromatic nitrogens is 3. The van der Waals surface area contributed by atoms with E-state index < -0.39 is 5.41 Å². The summed E-state index contributed by atoms with van der Waals surface area (Å²) < 4.78 is 5.05. The van der Waals surface area contributed by atoms with Crippen molar-refractivity contribution in [3.05, 3.63) is 35.8 Å². The van der Waals surface area contributed by atoms with Crippen LogP contribution in [-0.2, 0) is 16.6 Å². The van der Waals surface area contributed by atoms with Crippen LogP contribution in [0, 0.1) is 0 Å². The van der Waals surface area contributed by atoms with Crippen LogP contribution in [0.1, 0.15) is 31.0 Å². The average Bonchev–Trinajstić information content (AvgIpc) is 2.62. The van der Waals surface area contributed by atoms with Gasteiger partial charge in [-0.25, -0.2) is 15.0 Å². The molecule has 7 nitrogen and oxygen atoms in total. The lowest BCUT2D eigenvalue weighted by Crippen LogP contribution is -2.41. The Morgan fingerprint density at radius 2 is 2.08 bits per heavy atom. The van der Waals surface area contributed by atoms with E-state index in [4.69, 9.17) is 4.74 Å². The fraction of sp³-hybridized carbons (Fsp3) is 0.444. The number of rotatable bonds is 4. The van der Waals surface area contributed by atoms with Crippen LogP contribution in [0.4, 0.5) is 11.6 Å². The highest BCUT2D eigenvalue weighted by Gasteiger charge is 2.41. The minimum atomic E-state index is -0.693. The van der Waals surface area contributed by atoms with Gasteiger partial charge in [-0.05, 0) is 37.8 Å². The van der Waals surface area contributed by atoms with E-state index in [1.165, 1.54) is 0 Å². The summed E-state index contributed by atoms with van der Waals surface area (Å²) in [6, 6.07) is 3.50. The first kappa shape index (κ1) is 17.1. The van der Waals surface area contributed by atoms with Crippen LogP contribution in [0.2, 0.25) is 0 Å². The van der Waals surface area contributed by atoms with Crippen LogP contribution >= 0.6 is 0 Å². The predicted molar refractivity (Wildman–Crippen MR) is 96.1 cm³/mol. The molecule has 1 amide bonds. The van der Waals surface area contributed by atoms with E-state index in [0.29, 0.717) is 17.5 Å². The summed E-state index contributed by atoms with van der Waals surface area (Å²) in [6.45, 7) is 1.95. The van der Waals surface area contributed by atoms with Crippen molar-refractivity contribution in [2.24, 2.45) is 0 Å². The number of aryl methyl sites for hydroxylation is 1. The minimum Gasteiger partial charge on any atom is -0.481 e. The number of carbonyl (C=O) groups is 1. The zero-order valence-electron chi connectivity index (χ0n) is 15.0. The topological polar surface area (TPSA) is 80.2 Å². The Morgan fingerprint density at radius 3 is 2.72 bits per heavy atom. The normalized spacial score (nSPS) is 19.0. The molecular formula is C18H23N5O2. The second kappa shape index (κ2) is 6.66. The van der Waals surface area contributed by atoms with Crippen LogP contribution in [0.15, 0.2) is 24.5 Å². The maximum Gasteiger partial charge on any atom is 0.236 e. The van der Waals surface area contributed by atoms with Gasteiger partial charge in [-0.15, -0.1) is 0 Å². The number of ether oxygens (including phenoxy) is 1. The van der Waals surface area contributed by atoms with Crippen molar-refractivity contribution < 1.29 is 9.53 Å². The summed E-state index contributed by atoms with van der Waals surface area (Å²) in [5.74, 6) is 1.05. The van der Waals surface area contributed by atoms with Crippen molar-refractivity contribution in [2.75, 3.05) is 31.4 Å². The summed E-state index contributed by atoms with van der Waals surface area (Å²) in [7, 11) is 5.35. The molecule has 0 aliphatic heterocycles. The van der Waals surface area contributed by atoms with E-state index in [9.17, 15) is 4.79 Å². The first-order valence-corrected chi connectivity index (χ1v) is 8.29. The average molecular weight is 341 g/mol. The summed E-state index contributed by atoms with van der Waals surface area (Å²) in [6.07, 6.45) is 6.02. The summed E-state index contributed by atoms with van der Waals surface area (Å²) >= 11 is 0. The molecule has 1 unspecified atom stereocenters. The molecule has 0 saturated heterocycles. The van der Waals surface area contributed by atoms with E-state index in [-0.39, 0.29) is 5.91 Å². The Balaban J connectivity index is 1.90. The maximum atomic E-state index is 13.0. The molecule has 1 N–H and O–H groups in total. The van der Waals surface area contributed by atoms with Crippen molar-refractivity contribution in [1.82, 2.24) is 15.0 Å². The molecule has 0 fully saturated rings. The molecule has 25 heavy (non-hydrogen) atoms. The van der Waals surface area contributed by atoms with E-state index in [2.05, 4.69) is 20.3 Å². The SMILES string of the molecule is COc1ccc(NC(=O)C2(C)CCCc3cnc(N(C)C)nc32)cn1. The van der Waals surface area contributed by atoms with Gasteiger partial charge in [0.05, 0.1) is 30.1 Å². The molecule has 2 heterocycles. The molecule has 0 saturated carbocycles. The molecule has 1 aliphatic carbocycles. The standard InChI is InChI=1S/C18H23N5O2/c1-18(16(24)21-13-7-8-14(25-4)19-11-13)9-5-6-12-10-20-17(23(2)3)22-15(12)18/h7-8,10-11H,5-6,9H2,1-4H3,(H,21,24). The number of nitrogens with one attached hydrogen (secondary N) is 1. The van der Waals surface area contributed by atoms with E-state index >= 15 is 0 Å². The third-order valence-electron chi connectivity index (χ3n) is 4.60. The third-order valence-corrected chi connectivity index (χ3v) is 4.60. The Morgan fingerprint density at radius 1 is 1.28 bits per heavy atom. The second-order valence-electron chi connectivity index (χ2n) is 6.67. The van der Waals surface area contributed by atoms with Crippen LogP contribution < -0.4 is 15.0 Å². The predicted octanol–water partition coefficient (Wildman–Crippen LogP) is 2.18. The van der Waals surface area contributed by atoms with Gasteiger partial charge in [0.1, 0.15) is 0 Å². The number of anilines is 2. The molecule has 1 atom stereocenters. The largest absolute Gasteiger partial charge is 0.481 e. The van der Waals surface area contributed by atoms with Crippen LogP contribution in [-0.4, -0.2) is 42.1 Å². The van der Waals surface area contributed by atoms with E-state index in [1.54, 1.807) is 25.4 Å². The first-order valence-electron chi connectivity index (χ1n) is 8.29. The number of nitrogens with zero attached hydrogens (tertiary/aromatic N) is 4. The molecule has 132 valence electrons. The Hall–Kier alpha value is -2.70. The zero-order chi connectivity index (χ0) is 18.0. The fourth-order valence-corrected chi connectivity index (χ4v) is 3.09. The quantitative estimate of drug-likeness (QED) is 0.918. The maximum absolute atomic E-state index is 13.0. The number of hydrogen-bond acceptors (Lipinski definition) is 6. The summed E-state index contributed by atoms with van der Waals surface area (Å²) in [5, 5.41) is 2.96. The molecule has 0 bridgehead atoms. The minimum absolute atomic E-state index is 0.0798. The molecular weight excluding hydrogens is 318 g/mol. The van der Waals surface area contributed by atoms with Gasteiger partial charge in [0.25, 0.3) is 0 Å². The first-order chi connectivity index (χ1) is 11.9. The fourth-order valence-electron chi connectivity index (χ4n) is 3.09. The Bertz CT molecular complexity index is 776. The lowest BCUT2D eigenvalue weighted by atomic mass is 9.74. The molecule has 0 spiro atoms. The molecule has 0 aromatic carbocycles. The van der Waals surface area contributed by atoms with Crippen molar-refractivity contribution in [1.29, 1.82) is 0 Å². The summed E-state index contributed by atoms with van der Waals surface area (Å²) in [4.78, 5) is 28.1. The van der Waals surface area contributed by atoms with Gasteiger partial charge in [0.15, 0.2) is 0 Å². The molecule has 1 aliphatic rings. The summed E-state index contributed by atoms with van der Waals surface area (Å²) in [5.41, 5.74) is 1.81. The van der Waals surface area contributed by atoms with Gasteiger partial charge in [-0.1, -0.05) is 0 Å². The second-order valence-corrected chi connectivity index (χ2v) is 6.67. The molecule has 7 heteroatoms. The molecule has 3 rings (SSSR count). The monoisotopic (exact) mass is 341 g/mol. The lowest BCUT2D eigenvalue weighted by Gasteiger charge is -2.33. The number of carbonyl (C=O) groups excluding carboxylic acids is 1. The Labute approximate surface area is 147 Å². The van der Waals surface area contributed by atoms with Gasteiger partial charge in [-0.3, -0.25) is 4.79 Å². The highest BCUT2D eigenvalue weighted by Crippen LogP contribution is 2.37. The van der Waals surface area contributed by atoms with Gasteiger partial charge in [0.2, 0.25) is 17.7 Å². The van der Waals surface area contributed by atoms with Crippen molar-refractivity contribution in [3.8, 4) is 5.88 Å². The van der Waals surface area contributed by atoms with Crippen LogP contribution in [0.3, 0.4) is 0 Å². The van der Waals surface area contributed by atoms with Gasteiger partial charge in [0, 0.05) is 26.4 Å². The van der Waals surface area contributed by atoms with E-state index in [0.717, 1.165) is 30.5 Å². The lowest BCUT2D eigenvalue weighted by molar-refractivity contribution is -0.121. The van der Waals surface area contributed by atoms with Crippen molar-refractivity contribution in [2.45, 2.75) is 31.6 Å². The number of amides is 1. The molecule has 2 aromatic rings. The zero-order valence-corrected chi connectivity index (χ0v) is 15.0. The third kappa shape index (κ3) is 3.26. The van der Waals surface area contributed by atoms with Gasteiger partial charge >= 0.3 is 0 Å². The number of pyridine rings is 1. The highest BCUT2D eigenvalue weighted by molar-refractivity contribution is 5.98. The highest BCUT2D eigenvalue weighted by atomic mass is 16.5. The number of methoxy groups -OCH3 is 1. The van der Waals surface area contributed by atoms with Gasteiger partial charge in [-0.2, -0.15) is 0 Å². The van der Waals surface area contributed by atoms with E-state index in [1.807, 2.05) is 32.1 Å². The molecule has 2 aromatic heterocycles. The molecule has 0 radical (unpaired) electrons.